The van der Waals surface area contributed by atoms with E-state index in [4.69, 9.17) is 0 Å². The Balaban J connectivity index is 1.49. The first-order chi connectivity index (χ1) is 13.1. The molecule has 1 aliphatic carbocycles. The summed E-state index contributed by atoms with van der Waals surface area (Å²) in [7, 11) is 0. The summed E-state index contributed by atoms with van der Waals surface area (Å²) >= 11 is 0. The molecular weight excluding hydrogens is 340 g/mol. The molecule has 1 saturated carbocycles. The number of rotatable bonds is 4. The van der Waals surface area contributed by atoms with Gasteiger partial charge in [-0.1, -0.05) is 26.2 Å². The molecule has 6 heteroatoms. The van der Waals surface area contributed by atoms with Gasteiger partial charge in [-0.25, -0.2) is 0 Å². The quantitative estimate of drug-likeness (QED) is 0.883. The number of piperidine rings is 2. The lowest BCUT2D eigenvalue weighted by Crippen LogP contribution is -2.56. The molecule has 1 aromatic heterocycles. The molecule has 4 rings (SSSR count). The summed E-state index contributed by atoms with van der Waals surface area (Å²) in [5.74, 6) is 0.437. The monoisotopic (exact) mass is 372 g/mol. The number of hydrogen-bond acceptors (Lipinski definition) is 3. The first-order valence-electron chi connectivity index (χ1n) is 10.7. The topological polar surface area (TPSA) is 69.3 Å². The van der Waals surface area contributed by atoms with Crippen molar-refractivity contribution in [2.45, 2.75) is 77.2 Å². The third-order valence-corrected chi connectivity index (χ3v) is 6.86. The fourth-order valence-electron chi connectivity index (χ4n) is 5.42. The first kappa shape index (κ1) is 18.5. The highest BCUT2D eigenvalue weighted by Gasteiger charge is 2.44. The van der Waals surface area contributed by atoms with Crippen LogP contribution in [0.4, 0.5) is 0 Å². The van der Waals surface area contributed by atoms with Crippen molar-refractivity contribution in [1.29, 1.82) is 0 Å². The molecule has 0 radical (unpaired) electrons. The molecule has 27 heavy (non-hydrogen) atoms. The second-order valence-electron chi connectivity index (χ2n) is 8.80. The van der Waals surface area contributed by atoms with Gasteiger partial charge in [0.25, 0.3) is 5.91 Å². The average Bonchev–Trinajstić information content (AvgIpc) is 3.36. The second kappa shape index (κ2) is 7.64. The lowest BCUT2D eigenvalue weighted by atomic mass is 9.73. The largest absolute Gasteiger partial charge is 0.339 e. The van der Waals surface area contributed by atoms with Gasteiger partial charge in [-0.05, 0) is 38.5 Å². The zero-order chi connectivity index (χ0) is 18.9. The minimum atomic E-state index is 0.0824. The maximum Gasteiger partial charge on any atom is 0.257 e. The Labute approximate surface area is 161 Å². The van der Waals surface area contributed by atoms with E-state index in [1.807, 2.05) is 4.90 Å². The molecule has 3 fully saturated rings. The van der Waals surface area contributed by atoms with Gasteiger partial charge in [-0.2, -0.15) is 5.10 Å². The van der Waals surface area contributed by atoms with Crippen molar-refractivity contribution in [2.24, 2.45) is 5.41 Å². The number of aryl methyl sites for hydroxylation is 1. The van der Waals surface area contributed by atoms with Crippen molar-refractivity contribution in [2.75, 3.05) is 19.6 Å². The second-order valence-corrected chi connectivity index (χ2v) is 8.80. The van der Waals surface area contributed by atoms with Gasteiger partial charge in [0.1, 0.15) is 0 Å². The van der Waals surface area contributed by atoms with Gasteiger partial charge in [0.2, 0.25) is 5.91 Å². The summed E-state index contributed by atoms with van der Waals surface area (Å²) in [5.41, 5.74) is 1.76. The summed E-state index contributed by atoms with van der Waals surface area (Å²) < 4.78 is 0. The van der Waals surface area contributed by atoms with E-state index in [9.17, 15) is 9.59 Å². The van der Waals surface area contributed by atoms with Crippen LogP contribution in [0.5, 0.6) is 0 Å². The van der Waals surface area contributed by atoms with Crippen LogP contribution in [0, 0.1) is 5.41 Å². The molecule has 3 aliphatic rings. The Bertz CT molecular complexity index is 694. The lowest BCUT2D eigenvalue weighted by molar-refractivity contribution is -0.142. The van der Waals surface area contributed by atoms with E-state index in [1.54, 1.807) is 6.20 Å². The number of nitrogens with zero attached hydrogens (tertiary/aromatic N) is 3. The molecule has 1 spiro atoms. The Hall–Kier alpha value is -1.85. The van der Waals surface area contributed by atoms with Crippen LogP contribution in [0.15, 0.2) is 6.20 Å². The molecule has 0 aromatic carbocycles. The van der Waals surface area contributed by atoms with E-state index < -0.39 is 0 Å². The van der Waals surface area contributed by atoms with E-state index >= 15 is 0 Å². The Morgan fingerprint density at radius 2 is 2.07 bits per heavy atom. The van der Waals surface area contributed by atoms with Crippen LogP contribution >= 0.6 is 0 Å². The number of nitrogens with one attached hydrogen (secondary N) is 1. The van der Waals surface area contributed by atoms with Crippen molar-refractivity contribution in [3.63, 3.8) is 0 Å². The van der Waals surface area contributed by atoms with Gasteiger partial charge < -0.3 is 9.80 Å². The van der Waals surface area contributed by atoms with Gasteiger partial charge in [0.05, 0.1) is 11.8 Å². The molecule has 1 atom stereocenters. The van der Waals surface area contributed by atoms with E-state index in [0.29, 0.717) is 18.4 Å². The zero-order valence-electron chi connectivity index (χ0n) is 16.5. The minimum absolute atomic E-state index is 0.0824. The molecule has 0 bridgehead atoms. The van der Waals surface area contributed by atoms with Crippen molar-refractivity contribution in [1.82, 2.24) is 20.0 Å². The molecule has 1 N–H and O–H groups in total. The molecule has 2 aliphatic heterocycles. The summed E-state index contributed by atoms with van der Waals surface area (Å²) in [4.78, 5) is 29.9. The molecule has 148 valence electrons. The van der Waals surface area contributed by atoms with E-state index in [0.717, 1.165) is 75.8 Å². The number of likely N-dealkylation sites (tertiary alicyclic amines) is 2. The average molecular weight is 373 g/mol. The zero-order valence-corrected chi connectivity index (χ0v) is 16.5. The van der Waals surface area contributed by atoms with Crippen molar-refractivity contribution >= 4 is 11.8 Å². The number of carbonyl (C=O) groups is 2. The van der Waals surface area contributed by atoms with Gasteiger partial charge in [-0.3, -0.25) is 14.7 Å². The summed E-state index contributed by atoms with van der Waals surface area (Å²) in [6.45, 7) is 4.54. The van der Waals surface area contributed by atoms with Crippen molar-refractivity contribution < 1.29 is 9.59 Å². The van der Waals surface area contributed by atoms with Crippen LogP contribution in [-0.2, 0) is 11.2 Å². The Kier molecular flexibility index (Phi) is 5.24. The number of carbonyl (C=O) groups excluding carboxylic acids is 2. The Morgan fingerprint density at radius 1 is 1.26 bits per heavy atom. The molecule has 6 nitrogen and oxygen atoms in total. The van der Waals surface area contributed by atoms with Crippen LogP contribution in [0.2, 0.25) is 0 Å². The first-order valence-corrected chi connectivity index (χ1v) is 10.7. The standard InChI is InChI=1S/C21H32N4O2/c1-2-6-18-17(13-22-23-18)20(27)24-12-5-10-21(14-24)11-9-19(26)25(15-21)16-7-3-4-8-16/h13,16H,2-12,14-15H2,1H3,(H,22,23). The van der Waals surface area contributed by atoms with E-state index in [2.05, 4.69) is 22.0 Å². The number of aromatic nitrogens is 2. The van der Waals surface area contributed by atoms with Gasteiger partial charge in [0, 0.05) is 43.2 Å². The van der Waals surface area contributed by atoms with E-state index in [-0.39, 0.29) is 11.3 Å². The van der Waals surface area contributed by atoms with Crippen LogP contribution in [0.3, 0.4) is 0 Å². The molecular formula is C21H32N4O2. The number of aromatic amines is 1. The third kappa shape index (κ3) is 3.63. The normalized spacial score (nSPS) is 26.9. The summed E-state index contributed by atoms with van der Waals surface area (Å²) in [6.07, 6.45) is 12.0. The number of H-pyrrole nitrogens is 1. The van der Waals surface area contributed by atoms with Gasteiger partial charge in [-0.15, -0.1) is 0 Å². The summed E-state index contributed by atoms with van der Waals surface area (Å²) in [6, 6.07) is 0.436. The highest BCUT2D eigenvalue weighted by molar-refractivity contribution is 5.95. The number of hydrogen-bond donors (Lipinski definition) is 1. The predicted molar refractivity (Wildman–Crippen MR) is 103 cm³/mol. The smallest absolute Gasteiger partial charge is 0.257 e. The van der Waals surface area contributed by atoms with Crippen LogP contribution in [-0.4, -0.2) is 57.5 Å². The van der Waals surface area contributed by atoms with Gasteiger partial charge in [0.15, 0.2) is 0 Å². The molecule has 3 heterocycles. The maximum absolute atomic E-state index is 13.2. The highest BCUT2D eigenvalue weighted by Crippen LogP contribution is 2.41. The predicted octanol–water partition coefficient (Wildman–Crippen LogP) is 3.15. The Morgan fingerprint density at radius 3 is 2.85 bits per heavy atom. The SMILES string of the molecule is CCCc1[nH]ncc1C(=O)N1CCCC2(CCC(=O)N(C3CCCC3)C2)C1. The van der Waals surface area contributed by atoms with Gasteiger partial charge >= 0.3 is 0 Å². The molecule has 2 amide bonds. The fraction of sp³-hybridized carbons (Fsp3) is 0.762. The maximum atomic E-state index is 13.2. The molecule has 1 aromatic rings. The van der Waals surface area contributed by atoms with Crippen LogP contribution < -0.4 is 0 Å². The fourth-order valence-corrected chi connectivity index (χ4v) is 5.42. The lowest BCUT2D eigenvalue weighted by Gasteiger charge is -2.49. The van der Waals surface area contributed by atoms with E-state index in [1.165, 1.54) is 12.8 Å². The number of amides is 2. The highest BCUT2D eigenvalue weighted by atomic mass is 16.2. The molecule has 2 saturated heterocycles. The molecule has 1 unspecified atom stereocenters. The van der Waals surface area contributed by atoms with Crippen molar-refractivity contribution in [3.8, 4) is 0 Å². The minimum Gasteiger partial charge on any atom is -0.339 e. The van der Waals surface area contributed by atoms with Crippen LogP contribution in [0.1, 0.15) is 80.8 Å². The third-order valence-electron chi connectivity index (χ3n) is 6.86. The van der Waals surface area contributed by atoms with Crippen molar-refractivity contribution in [3.05, 3.63) is 17.5 Å². The summed E-state index contributed by atoms with van der Waals surface area (Å²) in [5, 5.41) is 7.11. The van der Waals surface area contributed by atoms with Crippen LogP contribution in [0.25, 0.3) is 0 Å².